The zero-order chi connectivity index (χ0) is 13.1. The van der Waals surface area contributed by atoms with Crippen LogP contribution in [0.5, 0.6) is 0 Å². The second-order valence-electron chi connectivity index (χ2n) is 6.03. The van der Waals surface area contributed by atoms with Crippen molar-refractivity contribution >= 4 is 22.9 Å². The molecule has 1 heterocycles. The third-order valence-corrected chi connectivity index (χ3v) is 8.49. The first-order chi connectivity index (χ1) is 8.61. The van der Waals surface area contributed by atoms with Crippen molar-refractivity contribution in [2.24, 2.45) is 23.7 Å². The van der Waals surface area contributed by atoms with Gasteiger partial charge in [0.25, 0.3) is 0 Å². The van der Waals surface area contributed by atoms with Gasteiger partial charge in [-0.2, -0.15) is 0 Å². The molecule has 0 spiro atoms. The molecule has 0 bridgehead atoms. The first-order valence-corrected chi connectivity index (χ1v) is 9.49. The monoisotopic (exact) mass is 284 g/mol. The highest BCUT2D eigenvalue weighted by Crippen LogP contribution is 2.42. The fourth-order valence-corrected chi connectivity index (χ4v) is 7.47. The predicted octanol–water partition coefficient (Wildman–Crippen LogP) is 3.52. The molecule has 2 fully saturated rings. The van der Waals surface area contributed by atoms with Crippen LogP contribution in [0.1, 0.15) is 39.5 Å². The topological polar surface area (TPSA) is 23.1 Å². The van der Waals surface area contributed by atoms with Crippen molar-refractivity contribution < 1.29 is 4.55 Å². The third-order valence-electron chi connectivity index (χ3n) is 4.45. The first kappa shape index (κ1) is 14.6. The molecule has 3 unspecified atom stereocenters. The lowest BCUT2D eigenvalue weighted by molar-refractivity contribution is 0.327. The molecular formula is C15H24OS2. The Morgan fingerprint density at radius 1 is 1.28 bits per heavy atom. The summed E-state index contributed by atoms with van der Waals surface area (Å²) in [4.78, 5) is 0. The van der Waals surface area contributed by atoms with E-state index in [4.69, 9.17) is 6.42 Å². The Morgan fingerprint density at radius 3 is 2.44 bits per heavy atom. The fraction of sp³-hybridized carbons (Fsp3) is 0.867. The van der Waals surface area contributed by atoms with Gasteiger partial charge in [0.1, 0.15) is 5.75 Å². The minimum absolute atomic E-state index is 0.388. The van der Waals surface area contributed by atoms with Gasteiger partial charge in [0.2, 0.25) is 0 Å². The van der Waals surface area contributed by atoms with Crippen molar-refractivity contribution in [3.05, 3.63) is 0 Å². The molecule has 0 N–H and O–H groups in total. The highest BCUT2D eigenvalue weighted by Gasteiger charge is 2.40. The van der Waals surface area contributed by atoms with Crippen LogP contribution >= 0.6 is 11.8 Å². The van der Waals surface area contributed by atoms with E-state index in [0.29, 0.717) is 28.3 Å². The van der Waals surface area contributed by atoms with Crippen LogP contribution in [0.2, 0.25) is 0 Å². The van der Waals surface area contributed by atoms with Crippen molar-refractivity contribution in [2.45, 2.75) is 44.1 Å². The van der Waals surface area contributed by atoms with Crippen LogP contribution in [0.15, 0.2) is 0 Å². The van der Waals surface area contributed by atoms with E-state index in [9.17, 15) is 4.55 Å². The van der Waals surface area contributed by atoms with E-state index in [1.807, 2.05) is 11.8 Å². The molecule has 0 radical (unpaired) electrons. The van der Waals surface area contributed by atoms with Crippen molar-refractivity contribution in [1.82, 2.24) is 0 Å². The van der Waals surface area contributed by atoms with Crippen molar-refractivity contribution in [1.29, 1.82) is 0 Å². The molecule has 0 amide bonds. The quantitative estimate of drug-likeness (QED) is 0.572. The maximum absolute atomic E-state index is 12.4. The lowest BCUT2D eigenvalue weighted by Crippen LogP contribution is -2.40. The molecule has 0 aromatic carbocycles. The van der Waals surface area contributed by atoms with Gasteiger partial charge in [-0.05, 0) is 42.8 Å². The molecule has 2 rings (SSSR count). The second kappa shape index (κ2) is 6.59. The first-order valence-electron chi connectivity index (χ1n) is 7.06. The van der Waals surface area contributed by atoms with Crippen LogP contribution in [0.3, 0.4) is 0 Å². The molecule has 18 heavy (non-hydrogen) atoms. The summed E-state index contributed by atoms with van der Waals surface area (Å²) in [6.07, 6.45) is 10.1. The molecule has 2 aliphatic rings. The molecule has 3 atom stereocenters. The Balaban J connectivity index is 1.86. The van der Waals surface area contributed by atoms with Crippen LogP contribution in [-0.4, -0.2) is 20.6 Å². The Kier molecular flexibility index (Phi) is 5.35. The average molecular weight is 284 g/mol. The number of hydrogen-bond donors (Lipinski definition) is 0. The smallest absolute Gasteiger partial charge is 0.163 e. The molecule has 0 aromatic heterocycles. The Bertz CT molecular complexity index is 302. The van der Waals surface area contributed by atoms with Gasteiger partial charge in [-0.3, -0.25) is 0 Å². The molecule has 3 heteroatoms. The van der Waals surface area contributed by atoms with Crippen molar-refractivity contribution in [3.8, 4) is 12.3 Å². The van der Waals surface area contributed by atoms with Gasteiger partial charge >= 0.3 is 0 Å². The van der Waals surface area contributed by atoms with Crippen LogP contribution < -0.4 is 0 Å². The van der Waals surface area contributed by atoms with Gasteiger partial charge in [-0.15, -0.1) is 24.1 Å². The molecule has 1 nitrogen and oxygen atoms in total. The van der Waals surface area contributed by atoms with Crippen LogP contribution in [-0.2, 0) is 11.2 Å². The molecule has 1 aliphatic carbocycles. The van der Waals surface area contributed by atoms with E-state index in [2.05, 4.69) is 19.8 Å². The van der Waals surface area contributed by atoms with E-state index in [1.165, 1.54) is 18.6 Å². The highest BCUT2D eigenvalue weighted by molar-refractivity contribution is 8.14. The summed E-state index contributed by atoms with van der Waals surface area (Å²) in [5, 5.41) is 0. The van der Waals surface area contributed by atoms with Crippen LogP contribution in [0.25, 0.3) is 0 Å². The summed E-state index contributed by atoms with van der Waals surface area (Å²) in [5.41, 5.74) is 0. The zero-order valence-corrected chi connectivity index (χ0v) is 13.1. The van der Waals surface area contributed by atoms with Crippen molar-refractivity contribution in [2.75, 3.05) is 11.5 Å². The number of rotatable bonds is 2. The van der Waals surface area contributed by atoms with Gasteiger partial charge in [0.05, 0.1) is 0 Å². The summed E-state index contributed by atoms with van der Waals surface area (Å²) < 4.78 is 12.8. The van der Waals surface area contributed by atoms with Crippen LogP contribution in [0, 0.1) is 36.0 Å². The summed E-state index contributed by atoms with van der Waals surface area (Å²) >= 11 is 1.34. The maximum atomic E-state index is 12.4. The standard InChI is InChI=1S/C15H24OS2/c1-4-12-5-7-13(8-6-12)15-17-9-14(11(2)3)10-18(15)16/h1,11-15H,5-10H2,2-3H3. The van der Waals surface area contributed by atoms with E-state index < -0.39 is 11.2 Å². The minimum atomic E-state index is -0.628. The lowest BCUT2D eigenvalue weighted by Gasteiger charge is -2.38. The summed E-state index contributed by atoms with van der Waals surface area (Å²) in [7, 11) is 0. The van der Waals surface area contributed by atoms with Crippen molar-refractivity contribution in [3.63, 3.8) is 0 Å². The largest absolute Gasteiger partial charge is 0.615 e. The minimum Gasteiger partial charge on any atom is -0.615 e. The summed E-state index contributed by atoms with van der Waals surface area (Å²) in [6.45, 7) is 4.50. The van der Waals surface area contributed by atoms with E-state index >= 15 is 0 Å². The normalized spacial score (nSPS) is 41.6. The molecule has 0 aromatic rings. The lowest BCUT2D eigenvalue weighted by atomic mass is 9.83. The van der Waals surface area contributed by atoms with Crippen LogP contribution in [0.4, 0.5) is 0 Å². The SMILES string of the molecule is C#CC1CCC(C2SCC(C(C)C)C[S+]2[O-])CC1. The maximum Gasteiger partial charge on any atom is 0.163 e. The molecule has 1 saturated carbocycles. The number of thioether (sulfide) groups is 1. The van der Waals surface area contributed by atoms with Gasteiger partial charge in [0.15, 0.2) is 4.58 Å². The Morgan fingerprint density at radius 2 is 1.94 bits per heavy atom. The second-order valence-corrected chi connectivity index (χ2v) is 9.11. The number of terminal acetylenes is 1. The predicted molar refractivity (Wildman–Crippen MR) is 81.9 cm³/mol. The fourth-order valence-electron chi connectivity index (χ4n) is 2.94. The van der Waals surface area contributed by atoms with Gasteiger partial charge in [0, 0.05) is 23.5 Å². The van der Waals surface area contributed by atoms with E-state index in [-0.39, 0.29) is 0 Å². The van der Waals surface area contributed by atoms with E-state index in [0.717, 1.165) is 18.6 Å². The van der Waals surface area contributed by atoms with E-state index in [1.54, 1.807) is 0 Å². The third kappa shape index (κ3) is 3.40. The molecule has 1 aliphatic heterocycles. The Labute approximate surface area is 119 Å². The Hall–Kier alpha value is 0.220. The summed E-state index contributed by atoms with van der Waals surface area (Å²) in [5.74, 6) is 7.44. The highest BCUT2D eigenvalue weighted by atomic mass is 32.3. The zero-order valence-electron chi connectivity index (χ0n) is 11.4. The average Bonchev–Trinajstić information content (AvgIpc) is 2.38. The summed E-state index contributed by atoms with van der Waals surface area (Å²) in [6, 6.07) is 0. The number of hydrogen-bond acceptors (Lipinski definition) is 2. The molecule has 1 saturated heterocycles. The van der Waals surface area contributed by atoms with Gasteiger partial charge < -0.3 is 4.55 Å². The van der Waals surface area contributed by atoms with Gasteiger partial charge in [-0.1, -0.05) is 13.8 Å². The molecular weight excluding hydrogens is 260 g/mol. The van der Waals surface area contributed by atoms with Gasteiger partial charge in [-0.25, -0.2) is 0 Å². The molecule has 102 valence electrons.